The predicted molar refractivity (Wildman–Crippen MR) is 95.3 cm³/mol. The Labute approximate surface area is 146 Å². The number of aliphatic hydroxyl groups excluding tert-OH is 1. The molecule has 1 atom stereocenters. The molecule has 0 spiro atoms. The number of hydrogen-bond acceptors (Lipinski definition) is 5. The fourth-order valence-corrected chi connectivity index (χ4v) is 3.92. The third kappa shape index (κ3) is 3.83. The second kappa shape index (κ2) is 7.42. The zero-order chi connectivity index (χ0) is 17.1. The number of carbonyl (C=O) groups is 1. The zero-order valence-electron chi connectivity index (χ0n) is 14.1. The van der Waals surface area contributed by atoms with Crippen LogP contribution in [0.15, 0.2) is 30.3 Å². The minimum absolute atomic E-state index is 0.0846. The van der Waals surface area contributed by atoms with Gasteiger partial charge in [0, 0.05) is 32.7 Å². The van der Waals surface area contributed by atoms with Crippen molar-refractivity contribution in [1.29, 1.82) is 0 Å². The van der Waals surface area contributed by atoms with Gasteiger partial charge in [-0.05, 0) is 19.4 Å². The Bertz CT molecular complexity index is 694. The smallest absolute Gasteiger partial charge is 0.265 e. The van der Waals surface area contributed by atoms with E-state index in [0.29, 0.717) is 19.6 Å². The lowest BCUT2D eigenvalue weighted by Gasteiger charge is -2.35. The van der Waals surface area contributed by atoms with Gasteiger partial charge in [0.2, 0.25) is 0 Å². The number of aliphatic hydroxyl groups is 1. The van der Waals surface area contributed by atoms with Gasteiger partial charge in [-0.25, -0.2) is 4.98 Å². The summed E-state index contributed by atoms with van der Waals surface area (Å²) in [4.78, 5) is 21.8. The van der Waals surface area contributed by atoms with E-state index in [2.05, 4.69) is 9.88 Å². The van der Waals surface area contributed by atoms with Gasteiger partial charge in [-0.2, -0.15) is 0 Å². The van der Waals surface area contributed by atoms with Crippen LogP contribution in [-0.2, 0) is 0 Å². The summed E-state index contributed by atoms with van der Waals surface area (Å²) in [5.41, 5.74) is 1.76. The fraction of sp³-hybridized carbons (Fsp3) is 0.444. The van der Waals surface area contributed by atoms with Crippen LogP contribution in [0.25, 0.3) is 0 Å². The second-order valence-corrected chi connectivity index (χ2v) is 7.37. The second-order valence-electron chi connectivity index (χ2n) is 6.17. The monoisotopic (exact) mass is 345 g/mol. The molecule has 1 amide bonds. The highest BCUT2D eigenvalue weighted by Gasteiger charge is 2.26. The van der Waals surface area contributed by atoms with E-state index in [1.165, 1.54) is 11.3 Å². The van der Waals surface area contributed by atoms with Crippen LogP contribution in [0.4, 0.5) is 0 Å². The van der Waals surface area contributed by atoms with E-state index in [1.54, 1.807) is 0 Å². The average Bonchev–Trinajstić information content (AvgIpc) is 2.94. The van der Waals surface area contributed by atoms with Gasteiger partial charge in [0.05, 0.1) is 16.8 Å². The first-order chi connectivity index (χ1) is 11.5. The van der Waals surface area contributed by atoms with Crippen LogP contribution in [0.1, 0.15) is 32.0 Å². The van der Waals surface area contributed by atoms with Crippen LogP contribution in [0.2, 0.25) is 0 Å². The molecule has 1 aliphatic rings. The van der Waals surface area contributed by atoms with Crippen molar-refractivity contribution in [3.63, 3.8) is 0 Å². The number of nitrogens with zero attached hydrogens (tertiary/aromatic N) is 3. The van der Waals surface area contributed by atoms with Gasteiger partial charge in [0.1, 0.15) is 4.88 Å². The van der Waals surface area contributed by atoms with E-state index >= 15 is 0 Å². The van der Waals surface area contributed by atoms with E-state index in [9.17, 15) is 9.90 Å². The molecule has 1 aromatic carbocycles. The van der Waals surface area contributed by atoms with E-state index in [0.717, 1.165) is 34.2 Å². The quantitative estimate of drug-likeness (QED) is 0.923. The van der Waals surface area contributed by atoms with Crippen LogP contribution in [0.5, 0.6) is 0 Å². The lowest BCUT2D eigenvalue weighted by atomic mass is 10.1. The van der Waals surface area contributed by atoms with E-state index in [4.69, 9.17) is 0 Å². The molecule has 0 aliphatic carbocycles. The van der Waals surface area contributed by atoms with Gasteiger partial charge in [-0.1, -0.05) is 30.3 Å². The number of thiazole rings is 1. The van der Waals surface area contributed by atoms with Crippen LogP contribution in [0.3, 0.4) is 0 Å². The standard InChI is InChI=1S/C18H23N3O2S/c1-13-17(24-14(2)19-13)18(23)21-10-8-20(9-11-21)12-16(22)15-6-4-3-5-7-15/h3-7,16,22H,8-12H2,1-2H3/t16-/m1/s1. The molecule has 2 aromatic rings. The molecular weight excluding hydrogens is 322 g/mol. The van der Waals surface area contributed by atoms with E-state index in [1.807, 2.05) is 49.1 Å². The van der Waals surface area contributed by atoms with Gasteiger partial charge in [0.25, 0.3) is 5.91 Å². The summed E-state index contributed by atoms with van der Waals surface area (Å²) >= 11 is 1.47. The minimum atomic E-state index is -0.486. The van der Waals surface area contributed by atoms with Crippen molar-refractivity contribution in [2.45, 2.75) is 20.0 Å². The molecule has 0 bridgehead atoms. The van der Waals surface area contributed by atoms with Crippen LogP contribution in [0, 0.1) is 13.8 Å². The summed E-state index contributed by atoms with van der Waals surface area (Å²) in [6.07, 6.45) is -0.486. The highest BCUT2D eigenvalue weighted by molar-refractivity contribution is 7.13. The molecule has 0 unspecified atom stereocenters. The first-order valence-corrected chi connectivity index (χ1v) is 9.05. The minimum Gasteiger partial charge on any atom is -0.387 e. The first-order valence-electron chi connectivity index (χ1n) is 8.23. The lowest BCUT2D eigenvalue weighted by molar-refractivity contribution is 0.0530. The Morgan fingerprint density at radius 3 is 2.46 bits per heavy atom. The predicted octanol–water partition coefficient (Wildman–Crippen LogP) is 2.25. The number of rotatable bonds is 4. The van der Waals surface area contributed by atoms with Crippen molar-refractivity contribution < 1.29 is 9.90 Å². The molecule has 3 rings (SSSR count). The molecule has 1 saturated heterocycles. The van der Waals surface area contributed by atoms with Crippen molar-refractivity contribution >= 4 is 17.2 Å². The zero-order valence-corrected chi connectivity index (χ0v) is 14.9. The molecule has 1 fully saturated rings. The van der Waals surface area contributed by atoms with Gasteiger partial charge < -0.3 is 10.0 Å². The molecule has 0 radical (unpaired) electrons. The maximum atomic E-state index is 12.6. The van der Waals surface area contributed by atoms with Crippen molar-refractivity contribution in [2.75, 3.05) is 32.7 Å². The van der Waals surface area contributed by atoms with Crippen molar-refractivity contribution in [3.8, 4) is 0 Å². The highest BCUT2D eigenvalue weighted by Crippen LogP contribution is 2.21. The summed E-state index contributed by atoms with van der Waals surface area (Å²) in [7, 11) is 0. The molecule has 24 heavy (non-hydrogen) atoms. The van der Waals surface area contributed by atoms with Crippen molar-refractivity contribution in [1.82, 2.24) is 14.8 Å². The van der Waals surface area contributed by atoms with Gasteiger partial charge in [0.15, 0.2) is 0 Å². The summed E-state index contributed by atoms with van der Waals surface area (Å²) in [6, 6.07) is 9.71. The van der Waals surface area contributed by atoms with Gasteiger partial charge in [-0.15, -0.1) is 11.3 Å². The number of carbonyl (C=O) groups excluding carboxylic acids is 1. The van der Waals surface area contributed by atoms with Crippen LogP contribution < -0.4 is 0 Å². The summed E-state index contributed by atoms with van der Waals surface area (Å²) < 4.78 is 0. The number of amides is 1. The SMILES string of the molecule is Cc1nc(C)c(C(=O)N2CCN(C[C@@H](O)c3ccccc3)CC2)s1. The van der Waals surface area contributed by atoms with Crippen molar-refractivity contribution in [3.05, 3.63) is 51.5 Å². The lowest BCUT2D eigenvalue weighted by Crippen LogP contribution is -2.49. The first kappa shape index (κ1) is 17.1. The summed E-state index contributed by atoms with van der Waals surface area (Å²) in [6.45, 7) is 7.37. The number of piperazine rings is 1. The third-order valence-electron chi connectivity index (χ3n) is 4.37. The Morgan fingerprint density at radius 2 is 1.88 bits per heavy atom. The normalized spacial score (nSPS) is 17.0. The molecule has 1 aromatic heterocycles. The molecule has 1 aliphatic heterocycles. The average molecular weight is 345 g/mol. The maximum absolute atomic E-state index is 12.6. The maximum Gasteiger partial charge on any atom is 0.265 e. The largest absolute Gasteiger partial charge is 0.387 e. The fourth-order valence-electron chi connectivity index (χ4n) is 3.03. The molecule has 0 saturated carbocycles. The van der Waals surface area contributed by atoms with Gasteiger partial charge in [-0.3, -0.25) is 9.69 Å². The molecule has 5 nitrogen and oxygen atoms in total. The highest BCUT2D eigenvalue weighted by atomic mass is 32.1. The van der Waals surface area contributed by atoms with Crippen molar-refractivity contribution in [2.24, 2.45) is 0 Å². The number of aromatic nitrogens is 1. The number of aryl methyl sites for hydroxylation is 2. The van der Waals surface area contributed by atoms with Crippen LogP contribution >= 0.6 is 11.3 Å². The Balaban J connectivity index is 1.54. The summed E-state index contributed by atoms with van der Waals surface area (Å²) in [5.74, 6) is 0.0846. The molecule has 128 valence electrons. The van der Waals surface area contributed by atoms with E-state index < -0.39 is 6.10 Å². The number of hydrogen-bond donors (Lipinski definition) is 1. The Kier molecular flexibility index (Phi) is 5.28. The molecule has 6 heteroatoms. The molecular formula is C18H23N3O2S. The topological polar surface area (TPSA) is 56.7 Å². The Morgan fingerprint density at radius 1 is 1.21 bits per heavy atom. The van der Waals surface area contributed by atoms with E-state index in [-0.39, 0.29) is 5.91 Å². The number of benzene rings is 1. The van der Waals surface area contributed by atoms with Crippen LogP contribution in [-0.4, -0.2) is 58.5 Å². The molecule has 1 N–H and O–H groups in total. The number of β-amino-alcohol motifs (C(OH)–C–C–N with tert-alkyl or cyclic N) is 1. The third-order valence-corrected chi connectivity index (χ3v) is 5.43. The molecule has 2 heterocycles. The summed E-state index contributed by atoms with van der Waals surface area (Å²) in [5, 5.41) is 11.3. The van der Waals surface area contributed by atoms with Gasteiger partial charge >= 0.3 is 0 Å². The Hall–Kier alpha value is -1.76.